The Morgan fingerprint density at radius 1 is 1.24 bits per heavy atom. The number of thioether (sulfide) groups is 1. The highest BCUT2D eigenvalue weighted by Gasteiger charge is 2.39. The number of aliphatic imine (C=N–C) groups is 1. The largest absolute Gasteiger partial charge is 0.482 e. The molecule has 9 nitrogen and oxygen atoms in total. The normalized spacial score (nSPS) is 17.2. The number of benzene rings is 2. The number of amidine groups is 1. The SMILES string of the molecule is CN=C1SC(CC(=O)Nc2ccc(F)cc2F)C(=O)N1/N=C(/C)c1cccc(OCC(=O)O)c1. The van der Waals surface area contributed by atoms with Crippen molar-refractivity contribution in [1.29, 1.82) is 0 Å². The van der Waals surface area contributed by atoms with Crippen LogP contribution in [0.1, 0.15) is 18.9 Å². The number of amides is 2. The lowest BCUT2D eigenvalue weighted by Gasteiger charge is -2.12. The molecule has 1 aliphatic heterocycles. The average molecular weight is 490 g/mol. The van der Waals surface area contributed by atoms with Gasteiger partial charge in [0, 0.05) is 25.1 Å². The van der Waals surface area contributed by atoms with Gasteiger partial charge in [0.2, 0.25) is 5.91 Å². The van der Waals surface area contributed by atoms with E-state index in [1.165, 1.54) is 7.05 Å². The van der Waals surface area contributed by atoms with Crippen LogP contribution in [0.5, 0.6) is 5.75 Å². The lowest BCUT2D eigenvalue weighted by Crippen LogP contribution is -2.30. The van der Waals surface area contributed by atoms with Crippen LogP contribution in [0.2, 0.25) is 0 Å². The first kappa shape index (κ1) is 24.8. The van der Waals surface area contributed by atoms with Crippen LogP contribution in [0, 0.1) is 11.6 Å². The second kappa shape index (κ2) is 10.9. The molecule has 2 aromatic carbocycles. The van der Waals surface area contributed by atoms with Crippen molar-refractivity contribution in [2.45, 2.75) is 18.6 Å². The number of carbonyl (C=O) groups is 3. The van der Waals surface area contributed by atoms with E-state index >= 15 is 0 Å². The van der Waals surface area contributed by atoms with E-state index in [2.05, 4.69) is 15.4 Å². The fraction of sp³-hybridized carbons (Fsp3) is 0.227. The summed E-state index contributed by atoms with van der Waals surface area (Å²) in [6.45, 7) is 1.15. The highest BCUT2D eigenvalue weighted by atomic mass is 32.2. The molecule has 0 aromatic heterocycles. The highest BCUT2D eigenvalue weighted by molar-refractivity contribution is 8.15. The fourth-order valence-electron chi connectivity index (χ4n) is 2.95. The number of nitrogens with zero attached hydrogens (tertiary/aromatic N) is 3. The molecular weight excluding hydrogens is 470 g/mol. The summed E-state index contributed by atoms with van der Waals surface area (Å²) in [6, 6.07) is 9.30. The van der Waals surface area contributed by atoms with Crippen LogP contribution in [0.3, 0.4) is 0 Å². The standard InChI is InChI=1S/C22H20F2N4O5S/c1-12(13-4-3-5-15(8-13)33-11-20(30)31)27-28-21(32)18(34-22(28)25-2)10-19(29)26-17-7-6-14(23)9-16(17)24/h3-9,18H,10-11H2,1-2H3,(H,26,29)(H,30,31)/b25-22?,27-12-. The molecule has 1 heterocycles. The van der Waals surface area contributed by atoms with Gasteiger partial charge in [0.1, 0.15) is 22.6 Å². The molecule has 34 heavy (non-hydrogen) atoms. The molecule has 1 aliphatic rings. The Labute approximate surface area is 197 Å². The number of hydrazone groups is 1. The maximum Gasteiger partial charge on any atom is 0.341 e. The van der Waals surface area contributed by atoms with Gasteiger partial charge < -0.3 is 15.2 Å². The van der Waals surface area contributed by atoms with Crippen LogP contribution in [0.4, 0.5) is 14.5 Å². The fourth-order valence-corrected chi connectivity index (χ4v) is 3.98. The molecule has 0 bridgehead atoms. The smallest absolute Gasteiger partial charge is 0.341 e. The van der Waals surface area contributed by atoms with Crippen molar-refractivity contribution < 1.29 is 33.0 Å². The van der Waals surface area contributed by atoms with E-state index in [0.29, 0.717) is 23.1 Å². The summed E-state index contributed by atoms with van der Waals surface area (Å²) in [6.07, 6.45) is -0.275. The number of rotatable bonds is 8. The van der Waals surface area contributed by atoms with Crippen LogP contribution >= 0.6 is 11.8 Å². The molecule has 1 unspecified atom stereocenters. The number of hydrogen-bond acceptors (Lipinski definition) is 7. The second-order valence-electron chi connectivity index (χ2n) is 7.03. The molecule has 1 saturated heterocycles. The number of carboxylic acid groups (broad SMARTS) is 1. The Balaban J connectivity index is 1.71. The lowest BCUT2D eigenvalue weighted by atomic mass is 10.1. The monoisotopic (exact) mass is 490 g/mol. The van der Waals surface area contributed by atoms with Gasteiger partial charge in [-0.15, -0.1) is 0 Å². The number of nitrogens with one attached hydrogen (secondary N) is 1. The van der Waals surface area contributed by atoms with Gasteiger partial charge in [-0.2, -0.15) is 10.1 Å². The van der Waals surface area contributed by atoms with Crippen molar-refractivity contribution in [2.75, 3.05) is 19.0 Å². The molecule has 2 amide bonds. The zero-order chi connectivity index (χ0) is 24.8. The van der Waals surface area contributed by atoms with E-state index in [1.807, 2.05) is 0 Å². The predicted molar refractivity (Wildman–Crippen MR) is 123 cm³/mol. The van der Waals surface area contributed by atoms with Crippen LogP contribution < -0.4 is 10.1 Å². The Hall–Kier alpha value is -3.80. The van der Waals surface area contributed by atoms with E-state index in [4.69, 9.17) is 9.84 Å². The number of carboxylic acids is 1. The molecule has 0 saturated carbocycles. The first-order valence-corrected chi connectivity index (χ1v) is 10.8. The molecule has 2 aromatic rings. The van der Waals surface area contributed by atoms with E-state index in [1.54, 1.807) is 31.2 Å². The second-order valence-corrected chi connectivity index (χ2v) is 8.20. The minimum Gasteiger partial charge on any atom is -0.482 e. The predicted octanol–water partition coefficient (Wildman–Crippen LogP) is 3.11. The topological polar surface area (TPSA) is 121 Å². The Morgan fingerprint density at radius 2 is 2.00 bits per heavy atom. The Morgan fingerprint density at radius 3 is 2.68 bits per heavy atom. The van der Waals surface area contributed by atoms with Gasteiger partial charge in [0.25, 0.3) is 5.91 Å². The quantitative estimate of drug-likeness (QED) is 0.549. The van der Waals surface area contributed by atoms with Gasteiger partial charge in [-0.1, -0.05) is 23.9 Å². The van der Waals surface area contributed by atoms with Gasteiger partial charge in [0.15, 0.2) is 11.8 Å². The van der Waals surface area contributed by atoms with Gasteiger partial charge >= 0.3 is 5.97 Å². The minimum absolute atomic E-state index is 0.193. The van der Waals surface area contributed by atoms with E-state index in [0.717, 1.165) is 28.9 Å². The summed E-state index contributed by atoms with van der Waals surface area (Å²) in [5.74, 6) is -3.61. The van der Waals surface area contributed by atoms with Crippen LogP contribution in [-0.2, 0) is 14.4 Å². The van der Waals surface area contributed by atoms with Crippen LogP contribution in [0.25, 0.3) is 0 Å². The van der Waals surface area contributed by atoms with Crippen molar-refractivity contribution in [1.82, 2.24) is 5.01 Å². The Kier molecular flexibility index (Phi) is 7.95. The molecule has 1 atom stereocenters. The summed E-state index contributed by atoms with van der Waals surface area (Å²) in [7, 11) is 1.48. The lowest BCUT2D eigenvalue weighted by molar-refractivity contribution is -0.139. The number of hydrogen-bond donors (Lipinski definition) is 2. The molecule has 0 spiro atoms. The van der Waals surface area contributed by atoms with Crippen molar-refractivity contribution in [3.8, 4) is 5.75 Å². The number of anilines is 1. The van der Waals surface area contributed by atoms with Gasteiger partial charge in [0.05, 0.1) is 11.4 Å². The van der Waals surface area contributed by atoms with E-state index in [9.17, 15) is 23.2 Å². The first-order chi connectivity index (χ1) is 16.2. The summed E-state index contributed by atoms with van der Waals surface area (Å²) in [5, 5.41) is 15.9. The summed E-state index contributed by atoms with van der Waals surface area (Å²) < 4.78 is 32.0. The zero-order valence-electron chi connectivity index (χ0n) is 18.1. The molecule has 0 radical (unpaired) electrons. The molecular formula is C22H20F2N4O5S. The number of halogens is 2. The average Bonchev–Trinajstić information content (AvgIpc) is 3.08. The van der Waals surface area contributed by atoms with E-state index < -0.39 is 41.3 Å². The van der Waals surface area contributed by atoms with Gasteiger partial charge in [-0.3, -0.25) is 14.6 Å². The van der Waals surface area contributed by atoms with Gasteiger partial charge in [-0.05, 0) is 31.2 Å². The van der Waals surface area contributed by atoms with Crippen molar-refractivity contribution >= 4 is 46.1 Å². The highest BCUT2D eigenvalue weighted by Crippen LogP contribution is 2.30. The maximum atomic E-state index is 13.8. The molecule has 0 aliphatic carbocycles. The van der Waals surface area contributed by atoms with Gasteiger partial charge in [-0.25, -0.2) is 13.6 Å². The molecule has 2 N–H and O–H groups in total. The summed E-state index contributed by atoms with van der Waals surface area (Å²) in [4.78, 5) is 40.0. The number of carbonyl (C=O) groups excluding carboxylic acids is 2. The number of ether oxygens (including phenoxy) is 1. The minimum atomic E-state index is -1.11. The molecule has 12 heteroatoms. The summed E-state index contributed by atoms with van der Waals surface area (Å²) >= 11 is 1.04. The summed E-state index contributed by atoms with van der Waals surface area (Å²) in [5.41, 5.74) is 0.820. The van der Waals surface area contributed by atoms with Crippen molar-refractivity contribution in [3.05, 3.63) is 59.7 Å². The third kappa shape index (κ3) is 6.16. The van der Waals surface area contributed by atoms with Crippen LogP contribution in [-0.4, -0.2) is 57.7 Å². The van der Waals surface area contributed by atoms with Crippen molar-refractivity contribution in [3.63, 3.8) is 0 Å². The number of aliphatic carboxylic acids is 1. The third-order valence-corrected chi connectivity index (χ3v) is 5.76. The first-order valence-electron chi connectivity index (χ1n) is 9.90. The van der Waals surface area contributed by atoms with Crippen LogP contribution in [0.15, 0.2) is 52.6 Å². The Bertz CT molecular complexity index is 1190. The molecule has 178 valence electrons. The molecule has 1 fully saturated rings. The molecule has 3 rings (SSSR count). The van der Waals surface area contributed by atoms with Crippen molar-refractivity contribution in [2.24, 2.45) is 10.1 Å². The third-order valence-electron chi connectivity index (χ3n) is 4.54. The van der Waals surface area contributed by atoms with E-state index in [-0.39, 0.29) is 17.3 Å². The maximum absolute atomic E-state index is 13.8. The zero-order valence-corrected chi connectivity index (χ0v) is 18.9.